The molecule has 2 N–H and O–H groups in total. The van der Waals surface area contributed by atoms with Gasteiger partial charge in [0.1, 0.15) is 5.75 Å². The number of ether oxygens (including phenoxy) is 1. The van der Waals surface area contributed by atoms with Gasteiger partial charge in [-0.15, -0.1) is 0 Å². The summed E-state index contributed by atoms with van der Waals surface area (Å²) in [6.07, 6.45) is 3.53. The molecule has 3 heterocycles. The SMILES string of the molecule is COc1ccc2[nH]nc(C(=O)NCC3CCN(Cc4ccc(C(=O)[O-])nc4)CC3)c2c1.[Na+]. The molecule has 1 aliphatic heterocycles. The number of aromatic nitrogens is 3. The average molecular weight is 445 g/mol. The molecule has 9 nitrogen and oxygen atoms in total. The van der Waals surface area contributed by atoms with E-state index in [0.717, 1.165) is 48.9 Å². The first kappa shape index (κ1) is 24.2. The average Bonchev–Trinajstić information content (AvgIpc) is 3.22. The van der Waals surface area contributed by atoms with Gasteiger partial charge >= 0.3 is 29.6 Å². The van der Waals surface area contributed by atoms with Gasteiger partial charge in [-0.25, -0.2) is 0 Å². The number of carbonyl (C=O) groups is 2. The number of likely N-dealkylation sites (tertiary alicyclic amines) is 1. The summed E-state index contributed by atoms with van der Waals surface area (Å²) in [4.78, 5) is 29.7. The van der Waals surface area contributed by atoms with E-state index in [1.807, 2.05) is 12.1 Å². The molecule has 0 atom stereocenters. The zero-order valence-corrected chi connectivity index (χ0v) is 20.3. The van der Waals surface area contributed by atoms with E-state index in [2.05, 4.69) is 25.4 Å². The van der Waals surface area contributed by atoms with E-state index in [1.54, 1.807) is 25.4 Å². The maximum absolute atomic E-state index is 12.6. The van der Waals surface area contributed by atoms with Crippen LogP contribution in [-0.2, 0) is 6.54 Å². The Morgan fingerprint density at radius 1 is 1.25 bits per heavy atom. The maximum Gasteiger partial charge on any atom is 1.00 e. The van der Waals surface area contributed by atoms with E-state index in [0.29, 0.717) is 23.9 Å². The van der Waals surface area contributed by atoms with Crippen molar-refractivity contribution in [3.63, 3.8) is 0 Å². The second-order valence-electron chi connectivity index (χ2n) is 7.75. The molecule has 4 rings (SSSR count). The van der Waals surface area contributed by atoms with Gasteiger partial charge in [0.05, 0.1) is 24.3 Å². The fraction of sp³-hybridized carbons (Fsp3) is 0.364. The Balaban J connectivity index is 0.00000289. The standard InChI is InChI=1S/C22H25N5O4.Na/c1-31-16-3-5-18-17(10-16)20(26-25-18)21(28)24-11-14-6-8-27(9-7-14)13-15-2-4-19(22(29)30)23-12-15;/h2-5,10,12,14H,6-9,11,13H2,1H3,(H,24,28)(H,25,26)(H,29,30);/q;+1/p-1. The quantitative estimate of drug-likeness (QED) is 0.402. The molecule has 10 heteroatoms. The third-order valence-electron chi connectivity index (χ3n) is 5.68. The summed E-state index contributed by atoms with van der Waals surface area (Å²) in [5.41, 5.74) is 2.08. The Labute approximate surface area is 207 Å². The van der Waals surface area contributed by atoms with Gasteiger partial charge in [0.25, 0.3) is 5.91 Å². The van der Waals surface area contributed by atoms with Crippen LogP contribution in [0.4, 0.5) is 0 Å². The van der Waals surface area contributed by atoms with Crippen LogP contribution in [0.3, 0.4) is 0 Å². The number of H-pyrrole nitrogens is 1. The van der Waals surface area contributed by atoms with Crippen LogP contribution in [0.25, 0.3) is 10.9 Å². The molecule has 1 saturated heterocycles. The van der Waals surface area contributed by atoms with E-state index in [1.165, 1.54) is 6.07 Å². The molecule has 32 heavy (non-hydrogen) atoms. The Kier molecular flexibility index (Phi) is 8.25. The molecule has 0 unspecified atom stereocenters. The Bertz CT molecular complexity index is 1080. The predicted octanol–water partition coefficient (Wildman–Crippen LogP) is -2.02. The number of hydrogen-bond donors (Lipinski definition) is 2. The molecular weight excluding hydrogens is 421 g/mol. The normalized spacial score (nSPS) is 14.7. The molecular formula is C22H24N5NaO4. The smallest absolute Gasteiger partial charge is 0.543 e. The van der Waals surface area contributed by atoms with Gasteiger partial charge in [-0.3, -0.25) is 19.8 Å². The minimum absolute atomic E-state index is 0. The summed E-state index contributed by atoms with van der Waals surface area (Å²) in [7, 11) is 1.59. The Morgan fingerprint density at radius 3 is 2.69 bits per heavy atom. The van der Waals surface area contributed by atoms with Gasteiger partial charge in [0, 0.05) is 24.7 Å². The second-order valence-corrected chi connectivity index (χ2v) is 7.75. The van der Waals surface area contributed by atoms with E-state index in [4.69, 9.17) is 4.74 Å². The molecule has 2 aromatic heterocycles. The summed E-state index contributed by atoms with van der Waals surface area (Å²) in [6.45, 7) is 3.14. The molecule has 1 fully saturated rings. The third kappa shape index (κ3) is 5.66. The first-order valence-corrected chi connectivity index (χ1v) is 10.2. The number of nitrogens with one attached hydrogen (secondary N) is 2. The number of carbonyl (C=O) groups excluding carboxylic acids is 2. The molecule has 0 radical (unpaired) electrons. The van der Waals surface area contributed by atoms with Crippen molar-refractivity contribution >= 4 is 22.8 Å². The largest absolute Gasteiger partial charge is 1.00 e. The van der Waals surface area contributed by atoms with Crippen molar-refractivity contribution in [1.82, 2.24) is 25.4 Å². The van der Waals surface area contributed by atoms with Crippen molar-refractivity contribution < 1.29 is 49.0 Å². The minimum atomic E-state index is -1.27. The van der Waals surface area contributed by atoms with Crippen molar-refractivity contribution in [2.24, 2.45) is 5.92 Å². The van der Waals surface area contributed by atoms with Gasteiger partial charge in [-0.2, -0.15) is 5.10 Å². The first-order chi connectivity index (χ1) is 15.0. The number of hydrogen-bond acceptors (Lipinski definition) is 7. The van der Waals surface area contributed by atoms with Crippen LogP contribution < -0.4 is 44.7 Å². The van der Waals surface area contributed by atoms with E-state index < -0.39 is 5.97 Å². The number of nitrogens with zero attached hydrogens (tertiary/aromatic N) is 3. The molecule has 0 saturated carbocycles. The molecule has 1 aliphatic rings. The molecule has 0 bridgehead atoms. The minimum Gasteiger partial charge on any atom is -0.543 e. The van der Waals surface area contributed by atoms with Crippen molar-refractivity contribution in [3.05, 3.63) is 53.5 Å². The topological polar surface area (TPSA) is 123 Å². The number of methoxy groups -OCH3 is 1. The second kappa shape index (κ2) is 10.9. The van der Waals surface area contributed by atoms with Crippen LogP contribution in [0, 0.1) is 5.92 Å². The summed E-state index contributed by atoms with van der Waals surface area (Å²) in [5.74, 6) is -0.379. The van der Waals surface area contributed by atoms with Crippen LogP contribution in [0.15, 0.2) is 36.5 Å². The number of pyridine rings is 1. The van der Waals surface area contributed by atoms with Crippen LogP contribution in [0.2, 0.25) is 0 Å². The number of carboxylic acids is 1. The number of aromatic amines is 1. The number of amides is 1. The van der Waals surface area contributed by atoms with E-state index in [9.17, 15) is 14.7 Å². The first-order valence-electron chi connectivity index (χ1n) is 10.2. The van der Waals surface area contributed by atoms with Gasteiger partial charge in [0.15, 0.2) is 5.69 Å². The predicted molar refractivity (Wildman–Crippen MR) is 112 cm³/mol. The number of carboxylic acid groups (broad SMARTS) is 1. The van der Waals surface area contributed by atoms with Gasteiger partial charge in [-0.05, 0) is 61.7 Å². The molecule has 162 valence electrons. The van der Waals surface area contributed by atoms with Crippen LogP contribution >= 0.6 is 0 Å². The van der Waals surface area contributed by atoms with Crippen molar-refractivity contribution in [2.45, 2.75) is 19.4 Å². The molecule has 3 aromatic rings. The fourth-order valence-electron chi connectivity index (χ4n) is 3.86. The molecule has 1 aromatic carbocycles. The Morgan fingerprint density at radius 2 is 2.03 bits per heavy atom. The van der Waals surface area contributed by atoms with Crippen LogP contribution in [0.5, 0.6) is 5.75 Å². The van der Waals surface area contributed by atoms with Crippen LogP contribution in [-0.4, -0.2) is 58.7 Å². The molecule has 0 spiro atoms. The van der Waals surface area contributed by atoms with Crippen LogP contribution in [0.1, 0.15) is 39.4 Å². The monoisotopic (exact) mass is 445 g/mol. The van der Waals surface area contributed by atoms with Gasteiger partial charge in [0.2, 0.25) is 0 Å². The summed E-state index contributed by atoms with van der Waals surface area (Å²) in [5, 5.41) is 21.6. The fourth-order valence-corrected chi connectivity index (χ4v) is 3.86. The van der Waals surface area contributed by atoms with E-state index >= 15 is 0 Å². The molecule has 1 amide bonds. The third-order valence-corrected chi connectivity index (χ3v) is 5.68. The van der Waals surface area contributed by atoms with Crippen molar-refractivity contribution in [2.75, 3.05) is 26.7 Å². The summed E-state index contributed by atoms with van der Waals surface area (Å²) < 4.78 is 5.24. The van der Waals surface area contributed by atoms with Gasteiger partial charge < -0.3 is 20.0 Å². The summed E-state index contributed by atoms with van der Waals surface area (Å²) >= 11 is 0. The van der Waals surface area contributed by atoms with Crippen molar-refractivity contribution in [1.29, 1.82) is 0 Å². The number of fused-ring (bicyclic) bond motifs is 1. The number of aromatic carboxylic acids is 1. The zero-order chi connectivity index (χ0) is 21.8. The van der Waals surface area contributed by atoms with Crippen molar-refractivity contribution in [3.8, 4) is 5.75 Å². The maximum atomic E-state index is 12.6. The number of benzene rings is 1. The summed E-state index contributed by atoms with van der Waals surface area (Å²) in [6, 6.07) is 8.72. The Hall–Kier alpha value is -2.46. The van der Waals surface area contributed by atoms with Gasteiger partial charge in [-0.1, -0.05) is 6.07 Å². The van der Waals surface area contributed by atoms with E-state index in [-0.39, 0.29) is 41.2 Å². The number of piperidine rings is 1. The molecule has 0 aliphatic carbocycles. The zero-order valence-electron chi connectivity index (χ0n) is 18.3. The number of rotatable bonds is 7.